The predicted octanol–water partition coefficient (Wildman–Crippen LogP) is 2.96. The maximum absolute atomic E-state index is 5.50. The Balaban J connectivity index is 1.49. The van der Waals surface area contributed by atoms with Gasteiger partial charge in [-0.1, -0.05) is 0 Å². The van der Waals surface area contributed by atoms with Crippen LogP contribution in [-0.2, 0) is 0 Å². The molecule has 1 saturated heterocycles. The third kappa shape index (κ3) is 3.53. The number of hydrogen-bond donors (Lipinski definition) is 1. The van der Waals surface area contributed by atoms with Crippen molar-refractivity contribution >= 4 is 17.0 Å². The van der Waals surface area contributed by atoms with Crippen molar-refractivity contribution in [3.8, 4) is 11.4 Å². The summed E-state index contributed by atoms with van der Waals surface area (Å²) in [5.41, 5.74) is 2.88. The van der Waals surface area contributed by atoms with E-state index in [1.54, 1.807) is 0 Å². The van der Waals surface area contributed by atoms with Crippen LogP contribution in [0.5, 0.6) is 0 Å². The van der Waals surface area contributed by atoms with E-state index >= 15 is 0 Å². The highest BCUT2D eigenvalue weighted by Gasteiger charge is 2.26. The van der Waals surface area contributed by atoms with Crippen LogP contribution < -0.4 is 10.2 Å². The van der Waals surface area contributed by atoms with Crippen LogP contribution in [0.1, 0.15) is 33.1 Å². The summed E-state index contributed by atoms with van der Waals surface area (Å²) in [5, 5.41) is 12.4. The summed E-state index contributed by atoms with van der Waals surface area (Å²) in [5.74, 6) is 1.52. The molecule has 1 N–H and O–H groups in total. The molecule has 0 bridgehead atoms. The van der Waals surface area contributed by atoms with Crippen molar-refractivity contribution in [1.29, 1.82) is 0 Å². The highest BCUT2D eigenvalue weighted by Crippen LogP contribution is 2.23. The van der Waals surface area contributed by atoms with Crippen molar-refractivity contribution < 1.29 is 4.42 Å². The van der Waals surface area contributed by atoms with Gasteiger partial charge >= 0.3 is 0 Å². The van der Waals surface area contributed by atoms with Gasteiger partial charge in [0.15, 0.2) is 11.7 Å². The Labute approximate surface area is 152 Å². The topological polar surface area (TPSA) is 80.0 Å². The number of nitrogens with one attached hydrogen (secondary N) is 1. The predicted molar refractivity (Wildman–Crippen MR) is 101 cm³/mol. The van der Waals surface area contributed by atoms with Gasteiger partial charge in [0.25, 0.3) is 0 Å². The van der Waals surface area contributed by atoms with Gasteiger partial charge in [-0.25, -0.2) is 9.97 Å². The summed E-state index contributed by atoms with van der Waals surface area (Å²) in [7, 11) is 0. The van der Waals surface area contributed by atoms with Gasteiger partial charge in [-0.05, 0) is 51.5 Å². The van der Waals surface area contributed by atoms with E-state index in [2.05, 4.69) is 51.2 Å². The maximum Gasteiger partial charge on any atom is 0.247 e. The first-order chi connectivity index (χ1) is 12.4. The fourth-order valence-electron chi connectivity index (χ4n) is 3.40. The van der Waals surface area contributed by atoms with Gasteiger partial charge in [-0.15, -0.1) is 10.2 Å². The summed E-state index contributed by atoms with van der Waals surface area (Å²) in [6.45, 7) is 10.3. The number of hydrogen-bond acceptors (Lipinski definition) is 7. The molecule has 0 aromatic carbocycles. The first-order valence-electron chi connectivity index (χ1n) is 8.98. The van der Waals surface area contributed by atoms with Gasteiger partial charge in [0, 0.05) is 31.6 Å². The standard InChI is InChI=1S/C19H24N6O/c1-12-20-16-6-5-14(21-18(16)26-12)15-7-8-17(24-23-15)25-10-9-13(11-25)22-19(2,3)4/h5-8,13,22H,9-11H2,1-4H3. The fraction of sp³-hybridized carbons (Fsp3) is 0.474. The summed E-state index contributed by atoms with van der Waals surface area (Å²) >= 11 is 0. The molecule has 4 rings (SSSR count). The second kappa shape index (κ2) is 6.32. The van der Waals surface area contributed by atoms with E-state index in [9.17, 15) is 0 Å². The lowest BCUT2D eigenvalue weighted by molar-refractivity contribution is 0.373. The number of rotatable bonds is 3. The molecular formula is C19H24N6O. The largest absolute Gasteiger partial charge is 0.423 e. The molecule has 1 fully saturated rings. The molecular weight excluding hydrogens is 328 g/mol. The third-order valence-electron chi connectivity index (χ3n) is 4.42. The molecule has 0 amide bonds. The van der Waals surface area contributed by atoms with Gasteiger partial charge in [0.1, 0.15) is 11.2 Å². The first-order valence-corrected chi connectivity index (χ1v) is 8.98. The second-order valence-corrected chi connectivity index (χ2v) is 7.86. The van der Waals surface area contributed by atoms with Crippen molar-refractivity contribution in [2.75, 3.05) is 18.0 Å². The molecule has 1 atom stereocenters. The zero-order chi connectivity index (χ0) is 18.3. The third-order valence-corrected chi connectivity index (χ3v) is 4.42. The molecule has 4 heterocycles. The Morgan fingerprint density at radius 3 is 2.62 bits per heavy atom. The maximum atomic E-state index is 5.50. The van der Waals surface area contributed by atoms with E-state index in [1.807, 2.05) is 31.2 Å². The van der Waals surface area contributed by atoms with E-state index in [4.69, 9.17) is 4.42 Å². The first kappa shape index (κ1) is 16.9. The summed E-state index contributed by atoms with van der Waals surface area (Å²) in [6.07, 6.45) is 1.11. The minimum absolute atomic E-state index is 0.125. The van der Waals surface area contributed by atoms with Gasteiger partial charge in [-0.2, -0.15) is 0 Å². The second-order valence-electron chi connectivity index (χ2n) is 7.86. The molecule has 3 aromatic rings. The number of nitrogens with zero attached hydrogens (tertiary/aromatic N) is 5. The van der Waals surface area contributed by atoms with Gasteiger partial charge in [0.2, 0.25) is 5.71 Å². The lowest BCUT2D eigenvalue weighted by Crippen LogP contribution is -2.45. The Morgan fingerprint density at radius 1 is 1.08 bits per heavy atom. The minimum Gasteiger partial charge on any atom is -0.423 e. The number of pyridine rings is 1. The molecule has 136 valence electrons. The lowest BCUT2D eigenvalue weighted by atomic mass is 10.1. The summed E-state index contributed by atoms with van der Waals surface area (Å²) < 4.78 is 5.50. The van der Waals surface area contributed by atoms with E-state index in [0.717, 1.165) is 42.2 Å². The molecule has 1 unspecified atom stereocenters. The monoisotopic (exact) mass is 352 g/mol. The Kier molecular flexibility index (Phi) is 4.11. The number of aryl methyl sites for hydroxylation is 1. The van der Waals surface area contributed by atoms with Crippen LogP contribution in [0, 0.1) is 6.92 Å². The SMILES string of the molecule is Cc1nc2ccc(-c3ccc(N4CCC(NC(C)(C)C)C4)nn3)nc2o1. The average Bonchev–Trinajstić information content (AvgIpc) is 3.18. The molecule has 7 nitrogen and oxygen atoms in total. The number of fused-ring (bicyclic) bond motifs is 1. The van der Waals surface area contributed by atoms with Crippen LogP contribution in [0.2, 0.25) is 0 Å². The fourth-order valence-corrected chi connectivity index (χ4v) is 3.40. The highest BCUT2D eigenvalue weighted by atomic mass is 16.4. The Morgan fingerprint density at radius 2 is 1.88 bits per heavy atom. The molecule has 1 aliphatic rings. The van der Waals surface area contributed by atoms with E-state index < -0.39 is 0 Å². The highest BCUT2D eigenvalue weighted by molar-refractivity contribution is 5.72. The van der Waals surface area contributed by atoms with Crippen molar-refractivity contribution in [3.05, 3.63) is 30.2 Å². The van der Waals surface area contributed by atoms with Crippen molar-refractivity contribution in [1.82, 2.24) is 25.5 Å². The van der Waals surface area contributed by atoms with Crippen molar-refractivity contribution in [3.63, 3.8) is 0 Å². The Hall–Kier alpha value is -2.54. The number of anilines is 1. The molecule has 0 aliphatic carbocycles. The zero-order valence-electron chi connectivity index (χ0n) is 15.7. The van der Waals surface area contributed by atoms with Crippen LogP contribution >= 0.6 is 0 Å². The molecule has 26 heavy (non-hydrogen) atoms. The van der Waals surface area contributed by atoms with E-state index in [-0.39, 0.29) is 5.54 Å². The van der Waals surface area contributed by atoms with Crippen molar-refractivity contribution in [2.24, 2.45) is 0 Å². The number of aromatic nitrogens is 4. The van der Waals surface area contributed by atoms with Gasteiger partial charge in [0.05, 0.1) is 5.69 Å². The average molecular weight is 352 g/mol. The normalized spacial score (nSPS) is 18.0. The van der Waals surface area contributed by atoms with E-state index in [1.165, 1.54) is 0 Å². The number of oxazole rings is 1. The van der Waals surface area contributed by atoms with Crippen LogP contribution in [-0.4, -0.2) is 44.8 Å². The van der Waals surface area contributed by atoms with Crippen LogP contribution in [0.25, 0.3) is 22.6 Å². The minimum atomic E-state index is 0.125. The molecule has 0 spiro atoms. The Bertz CT molecular complexity index is 912. The molecule has 1 aliphatic heterocycles. The van der Waals surface area contributed by atoms with Crippen molar-refractivity contribution in [2.45, 2.75) is 45.7 Å². The molecule has 3 aromatic heterocycles. The lowest BCUT2D eigenvalue weighted by Gasteiger charge is -2.26. The molecule has 0 saturated carbocycles. The van der Waals surface area contributed by atoms with Gasteiger partial charge in [-0.3, -0.25) is 0 Å². The van der Waals surface area contributed by atoms with Crippen LogP contribution in [0.15, 0.2) is 28.7 Å². The summed E-state index contributed by atoms with van der Waals surface area (Å²) in [4.78, 5) is 11.0. The quantitative estimate of drug-likeness (QED) is 0.776. The summed E-state index contributed by atoms with van der Waals surface area (Å²) in [6, 6.07) is 8.25. The molecule has 7 heteroatoms. The van der Waals surface area contributed by atoms with E-state index in [0.29, 0.717) is 17.6 Å². The van der Waals surface area contributed by atoms with Crippen LogP contribution in [0.3, 0.4) is 0 Å². The smallest absolute Gasteiger partial charge is 0.247 e. The van der Waals surface area contributed by atoms with Gasteiger partial charge < -0.3 is 14.6 Å². The zero-order valence-corrected chi connectivity index (χ0v) is 15.7. The molecule has 0 radical (unpaired) electrons. The van der Waals surface area contributed by atoms with Crippen LogP contribution in [0.4, 0.5) is 5.82 Å².